The van der Waals surface area contributed by atoms with Crippen molar-refractivity contribution in [3.8, 4) is 17.0 Å². The quantitative estimate of drug-likeness (QED) is 0.921. The zero-order valence-corrected chi connectivity index (χ0v) is 11.6. The summed E-state index contributed by atoms with van der Waals surface area (Å²) in [5.74, 6) is 0.487. The molecule has 0 aliphatic rings. The smallest absolute Gasteiger partial charge is 0.182 e. The number of nitrogens with one attached hydrogen (secondary N) is 1. The molecule has 90 valence electrons. The van der Waals surface area contributed by atoms with E-state index in [0.717, 1.165) is 16.4 Å². The van der Waals surface area contributed by atoms with Gasteiger partial charge in [-0.3, -0.25) is 0 Å². The summed E-state index contributed by atoms with van der Waals surface area (Å²) in [6.45, 7) is 0. The first kappa shape index (κ1) is 12.5. The van der Waals surface area contributed by atoms with E-state index >= 15 is 0 Å². The van der Waals surface area contributed by atoms with Crippen LogP contribution in [0.15, 0.2) is 17.5 Å². The molecule has 0 bridgehead atoms. The van der Waals surface area contributed by atoms with Gasteiger partial charge in [-0.05, 0) is 12.1 Å². The van der Waals surface area contributed by atoms with E-state index in [1.807, 2.05) is 12.4 Å². The predicted octanol–water partition coefficient (Wildman–Crippen LogP) is 4.17. The van der Waals surface area contributed by atoms with Crippen LogP contribution in [0.2, 0.25) is 10.0 Å². The van der Waals surface area contributed by atoms with Crippen LogP contribution in [0.5, 0.6) is 5.75 Å². The number of thiazole rings is 1. The Morgan fingerprint density at radius 2 is 1.94 bits per heavy atom. The van der Waals surface area contributed by atoms with Crippen LogP contribution in [0.3, 0.4) is 0 Å². The molecule has 1 N–H and O–H groups in total. The number of benzene rings is 1. The number of ether oxygens (including phenoxy) is 1. The van der Waals surface area contributed by atoms with Gasteiger partial charge in [0.15, 0.2) is 10.9 Å². The monoisotopic (exact) mass is 288 g/mol. The predicted molar refractivity (Wildman–Crippen MR) is 73.7 cm³/mol. The number of methoxy groups -OCH3 is 1. The molecule has 3 nitrogen and oxygen atoms in total. The third-order valence-corrected chi connectivity index (χ3v) is 3.64. The minimum Gasteiger partial charge on any atom is -0.494 e. The van der Waals surface area contributed by atoms with Crippen molar-refractivity contribution >= 4 is 39.7 Å². The van der Waals surface area contributed by atoms with Crippen LogP contribution in [0.1, 0.15) is 0 Å². The van der Waals surface area contributed by atoms with E-state index < -0.39 is 0 Å². The van der Waals surface area contributed by atoms with Gasteiger partial charge in [0, 0.05) is 18.0 Å². The fourth-order valence-corrected chi connectivity index (χ4v) is 2.75. The highest BCUT2D eigenvalue weighted by Gasteiger charge is 2.11. The second-order valence-corrected chi connectivity index (χ2v) is 4.93. The van der Waals surface area contributed by atoms with E-state index in [1.54, 1.807) is 12.1 Å². The molecule has 2 aromatic rings. The highest BCUT2D eigenvalue weighted by molar-refractivity contribution is 7.14. The Labute approximate surface area is 113 Å². The summed E-state index contributed by atoms with van der Waals surface area (Å²) in [7, 11) is 3.37. The SMILES string of the molecule is CNc1nc(-c2cc(Cl)c(OC)c(Cl)c2)cs1. The van der Waals surface area contributed by atoms with E-state index in [1.165, 1.54) is 18.4 Å². The fourth-order valence-electron chi connectivity index (χ4n) is 1.42. The molecule has 0 atom stereocenters. The number of rotatable bonds is 3. The molecule has 0 aliphatic heterocycles. The molecular formula is C11H10Cl2N2OS. The fraction of sp³-hybridized carbons (Fsp3) is 0.182. The highest BCUT2D eigenvalue weighted by Crippen LogP contribution is 2.37. The van der Waals surface area contributed by atoms with Gasteiger partial charge < -0.3 is 10.1 Å². The summed E-state index contributed by atoms with van der Waals surface area (Å²) in [5.41, 5.74) is 1.71. The molecule has 0 aliphatic carbocycles. The highest BCUT2D eigenvalue weighted by atomic mass is 35.5. The van der Waals surface area contributed by atoms with Gasteiger partial charge in [-0.1, -0.05) is 23.2 Å². The van der Waals surface area contributed by atoms with Crippen molar-refractivity contribution in [3.63, 3.8) is 0 Å². The number of hydrogen-bond acceptors (Lipinski definition) is 4. The molecule has 0 fully saturated rings. The first-order valence-electron chi connectivity index (χ1n) is 4.82. The Hall–Kier alpha value is -0.970. The molecule has 0 radical (unpaired) electrons. The van der Waals surface area contributed by atoms with Crippen molar-refractivity contribution in [1.29, 1.82) is 0 Å². The Kier molecular flexibility index (Phi) is 3.76. The third-order valence-electron chi connectivity index (χ3n) is 2.22. The number of anilines is 1. The third kappa shape index (κ3) is 2.49. The zero-order valence-electron chi connectivity index (χ0n) is 9.25. The first-order chi connectivity index (χ1) is 8.15. The largest absolute Gasteiger partial charge is 0.494 e. The lowest BCUT2D eigenvalue weighted by molar-refractivity contribution is 0.415. The van der Waals surface area contributed by atoms with Gasteiger partial charge >= 0.3 is 0 Å². The van der Waals surface area contributed by atoms with Gasteiger partial charge in [0.1, 0.15) is 0 Å². The van der Waals surface area contributed by atoms with E-state index in [0.29, 0.717) is 15.8 Å². The molecule has 6 heteroatoms. The van der Waals surface area contributed by atoms with Crippen LogP contribution in [0.25, 0.3) is 11.3 Å². The summed E-state index contributed by atoms with van der Waals surface area (Å²) in [5, 5.41) is 6.74. The second-order valence-electron chi connectivity index (χ2n) is 3.26. The zero-order chi connectivity index (χ0) is 12.4. The Balaban J connectivity index is 2.46. The normalized spacial score (nSPS) is 10.4. The van der Waals surface area contributed by atoms with Crippen LogP contribution in [-0.2, 0) is 0 Å². The lowest BCUT2D eigenvalue weighted by Crippen LogP contribution is -1.88. The average Bonchev–Trinajstić information content (AvgIpc) is 2.77. The summed E-state index contributed by atoms with van der Waals surface area (Å²) in [4.78, 5) is 4.39. The van der Waals surface area contributed by atoms with Gasteiger partial charge in [-0.15, -0.1) is 11.3 Å². The van der Waals surface area contributed by atoms with E-state index in [4.69, 9.17) is 27.9 Å². The maximum atomic E-state index is 6.08. The van der Waals surface area contributed by atoms with Crippen LogP contribution in [0, 0.1) is 0 Å². The minimum absolute atomic E-state index is 0.481. The van der Waals surface area contributed by atoms with Gasteiger partial charge in [-0.2, -0.15) is 0 Å². The minimum atomic E-state index is 0.481. The number of hydrogen-bond donors (Lipinski definition) is 1. The standard InChI is InChI=1S/C11H10Cl2N2OS/c1-14-11-15-9(5-17-11)6-3-7(12)10(16-2)8(13)4-6/h3-5H,1-2H3,(H,14,15). The van der Waals surface area contributed by atoms with Gasteiger partial charge in [0.2, 0.25) is 0 Å². The molecular weight excluding hydrogens is 279 g/mol. The summed E-state index contributed by atoms with van der Waals surface area (Å²) in [6, 6.07) is 3.58. The molecule has 2 rings (SSSR count). The number of nitrogens with zero attached hydrogens (tertiary/aromatic N) is 1. The van der Waals surface area contributed by atoms with Gasteiger partial charge in [-0.25, -0.2) is 4.98 Å². The topological polar surface area (TPSA) is 34.2 Å². The van der Waals surface area contributed by atoms with Crippen molar-refractivity contribution < 1.29 is 4.74 Å². The lowest BCUT2D eigenvalue weighted by atomic mass is 10.1. The summed E-state index contributed by atoms with van der Waals surface area (Å²) < 4.78 is 5.10. The Morgan fingerprint density at radius 1 is 1.29 bits per heavy atom. The molecule has 1 heterocycles. The van der Waals surface area contributed by atoms with Crippen molar-refractivity contribution in [2.45, 2.75) is 0 Å². The lowest BCUT2D eigenvalue weighted by Gasteiger charge is -2.07. The Morgan fingerprint density at radius 3 is 2.41 bits per heavy atom. The van der Waals surface area contributed by atoms with Crippen LogP contribution in [-0.4, -0.2) is 19.1 Å². The first-order valence-corrected chi connectivity index (χ1v) is 6.46. The maximum absolute atomic E-state index is 6.08. The van der Waals surface area contributed by atoms with Crippen molar-refractivity contribution in [2.75, 3.05) is 19.5 Å². The molecule has 0 spiro atoms. The summed E-state index contributed by atoms with van der Waals surface area (Å²) in [6.07, 6.45) is 0. The van der Waals surface area contributed by atoms with Crippen LogP contribution >= 0.6 is 34.5 Å². The van der Waals surface area contributed by atoms with Gasteiger partial charge in [0.05, 0.1) is 22.8 Å². The van der Waals surface area contributed by atoms with E-state index in [2.05, 4.69) is 10.3 Å². The average molecular weight is 289 g/mol. The maximum Gasteiger partial charge on any atom is 0.182 e. The van der Waals surface area contributed by atoms with E-state index in [9.17, 15) is 0 Å². The van der Waals surface area contributed by atoms with Crippen molar-refractivity contribution in [1.82, 2.24) is 4.98 Å². The molecule has 17 heavy (non-hydrogen) atoms. The number of aromatic nitrogens is 1. The molecule has 0 saturated heterocycles. The molecule has 1 aromatic carbocycles. The Bertz CT molecular complexity index is 519. The summed E-state index contributed by atoms with van der Waals surface area (Å²) >= 11 is 13.7. The molecule has 0 amide bonds. The van der Waals surface area contributed by atoms with Crippen LogP contribution < -0.4 is 10.1 Å². The number of halogens is 2. The van der Waals surface area contributed by atoms with Gasteiger partial charge in [0.25, 0.3) is 0 Å². The van der Waals surface area contributed by atoms with E-state index in [-0.39, 0.29) is 0 Å². The molecule has 1 aromatic heterocycles. The molecule has 0 unspecified atom stereocenters. The van der Waals surface area contributed by atoms with Crippen molar-refractivity contribution in [2.24, 2.45) is 0 Å². The second kappa shape index (κ2) is 5.12. The van der Waals surface area contributed by atoms with Crippen LogP contribution in [0.4, 0.5) is 5.13 Å². The molecule has 0 saturated carbocycles. The van der Waals surface area contributed by atoms with Crippen molar-refractivity contribution in [3.05, 3.63) is 27.6 Å².